The SMILES string of the molecule is C=CCNC(=O)c1cccc(S(=O)(=O)N2CCN(c3cccc(C(F)(F)F)c3)CC2)c1. The molecule has 0 aromatic heterocycles. The van der Waals surface area contributed by atoms with E-state index in [9.17, 15) is 26.4 Å². The summed E-state index contributed by atoms with van der Waals surface area (Å²) in [7, 11) is -3.85. The smallest absolute Gasteiger partial charge is 0.369 e. The molecular weight excluding hydrogens is 431 g/mol. The summed E-state index contributed by atoms with van der Waals surface area (Å²) >= 11 is 0. The number of rotatable bonds is 6. The van der Waals surface area contributed by atoms with Crippen LogP contribution >= 0.6 is 0 Å². The Labute approximate surface area is 179 Å². The first-order chi connectivity index (χ1) is 14.6. The van der Waals surface area contributed by atoms with Crippen LogP contribution in [-0.4, -0.2) is 51.4 Å². The number of carbonyl (C=O) groups excluding carboxylic acids is 1. The molecule has 0 bridgehead atoms. The molecule has 1 saturated heterocycles. The van der Waals surface area contributed by atoms with E-state index in [1.54, 1.807) is 11.0 Å². The van der Waals surface area contributed by atoms with Gasteiger partial charge in [-0.25, -0.2) is 8.42 Å². The van der Waals surface area contributed by atoms with E-state index in [1.807, 2.05) is 0 Å². The van der Waals surface area contributed by atoms with Crippen LogP contribution in [-0.2, 0) is 16.2 Å². The highest BCUT2D eigenvalue weighted by atomic mass is 32.2. The quantitative estimate of drug-likeness (QED) is 0.683. The molecule has 0 radical (unpaired) electrons. The van der Waals surface area contributed by atoms with Crippen molar-refractivity contribution in [1.29, 1.82) is 0 Å². The van der Waals surface area contributed by atoms with Gasteiger partial charge in [-0.2, -0.15) is 17.5 Å². The van der Waals surface area contributed by atoms with Crippen molar-refractivity contribution in [3.8, 4) is 0 Å². The minimum atomic E-state index is -4.44. The van der Waals surface area contributed by atoms with Crippen molar-refractivity contribution in [3.63, 3.8) is 0 Å². The molecule has 2 aromatic carbocycles. The van der Waals surface area contributed by atoms with Gasteiger partial charge in [0.05, 0.1) is 10.5 Å². The zero-order chi connectivity index (χ0) is 22.6. The summed E-state index contributed by atoms with van der Waals surface area (Å²) in [6.45, 7) is 4.50. The van der Waals surface area contributed by atoms with E-state index in [1.165, 1.54) is 40.7 Å². The third-order valence-electron chi connectivity index (χ3n) is 4.92. The van der Waals surface area contributed by atoms with E-state index in [-0.39, 0.29) is 43.2 Å². The third-order valence-corrected chi connectivity index (χ3v) is 6.81. The maximum absolute atomic E-state index is 13.0. The summed E-state index contributed by atoms with van der Waals surface area (Å²) in [6.07, 6.45) is -2.92. The average molecular weight is 453 g/mol. The number of nitrogens with one attached hydrogen (secondary N) is 1. The van der Waals surface area contributed by atoms with Gasteiger partial charge in [-0.3, -0.25) is 4.79 Å². The second kappa shape index (κ2) is 9.11. The zero-order valence-corrected chi connectivity index (χ0v) is 17.4. The number of amides is 1. The van der Waals surface area contributed by atoms with Crippen molar-refractivity contribution < 1.29 is 26.4 Å². The second-order valence-electron chi connectivity index (χ2n) is 6.97. The van der Waals surface area contributed by atoms with E-state index in [4.69, 9.17) is 0 Å². The predicted molar refractivity (Wildman–Crippen MR) is 111 cm³/mol. The van der Waals surface area contributed by atoms with Crippen LogP contribution in [0.2, 0.25) is 0 Å². The van der Waals surface area contributed by atoms with Gasteiger partial charge in [0, 0.05) is 44.0 Å². The Morgan fingerprint density at radius 2 is 1.74 bits per heavy atom. The molecular formula is C21H22F3N3O3S. The molecule has 10 heteroatoms. The third kappa shape index (κ3) is 5.26. The van der Waals surface area contributed by atoms with Gasteiger partial charge in [0.25, 0.3) is 5.91 Å². The number of anilines is 1. The van der Waals surface area contributed by atoms with Gasteiger partial charge in [-0.05, 0) is 36.4 Å². The topological polar surface area (TPSA) is 69.7 Å². The van der Waals surface area contributed by atoms with Crippen molar-refractivity contribution in [3.05, 3.63) is 72.3 Å². The Hall–Kier alpha value is -2.85. The Morgan fingerprint density at radius 1 is 1.06 bits per heavy atom. The number of benzene rings is 2. The van der Waals surface area contributed by atoms with Crippen LogP contribution in [0.15, 0.2) is 66.1 Å². The normalized spacial score (nSPS) is 15.5. The van der Waals surface area contributed by atoms with E-state index in [0.29, 0.717) is 5.69 Å². The van der Waals surface area contributed by atoms with Crippen LogP contribution in [0.4, 0.5) is 18.9 Å². The summed E-state index contributed by atoms with van der Waals surface area (Å²) in [5.74, 6) is -0.411. The maximum atomic E-state index is 13.0. The van der Waals surface area contributed by atoms with Crippen molar-refractivity contribution >= 4 is 21.6 Å². The lowest BCUT2D eigenvalue weighted by Gasteiger charge is -2.35. The molecule has 6 nitrogen and oxygen atoms in total. The van der Waals surface area contributed by atoms with Crippen LogP contribution in [0.25, 0.3) is 0 Å². The first-order valence-electron chi connectivity index (χ1n) is 9.54. The summed E-state index contributed by atoms with van der Waals surface area (Å²) in [6, 6.07) is 10.7. The van der Waals surface area contributed by atoms with Crippen molar-refractivity contribution in [1.82, 2.24) is 9.62 Å². The molecule has 0 aliphatic carbocycles. The number of hydrogen-bond donors (Lipinski definition) is 1. The molecule has 166 valence electrons. The molecule has 1 amide bonds. The summed E-state index contributed by atoms with van der Waals surface area (Å²) in [4.78, 5) is 13.8. The van der Waals surface area contributed by atoms with Crippen LogP contribution in [0.1, 0.15) is 15.9 Å². The molecule has 31 heavy (non-hydrogen) atoms. The largest absolute Gasteiger partial charge is 0.416 e. The predicted octanol–water partition coefficient (Wildman–Crippen LogP) is 3.13. The van der Waals surface area contributed by atoms with Gasteiger partial charge in [0.2, 0.25) is 10.0 Å². The van der Waals surface area contributed by atoms with E-state index in [2.05, 4.69) is 11.9 Å². The highest BCUT2D eigenvalue weighted by molar-refractivity contribution is 7.89. The summed E-state index contributed by atoms with van der Waals surface area (Å²) < 4.78 is 66.2. The summed E-state index contributed by atoms with van der Waals surface area (Å²) in [5, 5.41) is 2.59. The van der Waals surface area contributed by atoms with Crippen molar-refractivity contribution in [2.24, 2.45) is 0 Å². The highest BCUT2D eigenvalue weighted by Gasteiger charge is 2.32. The van der Waals surface area contributed by atoms with Gasteiger partial charge < -0.3 is 10.2 Å². The minimum absolute atomic E-state index is 0.00808. The fourth-order valence-electron chi connectivity index (χ4n) is 3.28. The summed E-state index contributed by atoms with van der Waals surface area (Å²) in [5.41, 5.74) is -0.134. The number of carbonyl (C=O) groups is 1. The first-order valence-corrected chi connectivity index (χ1v) is 11.0. The molecule has 1 fully saturated rings. The van der Waals surface area contributed by atoms with Crippen molar-refractivity contribution in [2.45, 2.75) is 11.1 Å². The van der Waals surface area contributed by atoms with Gasteiger partial charge in [0.1, 0.15) is 0 Å². The molecule has 3 rings (SSSR count). The standard InChI is InChI=1S/C21H22F3N3O3S/c1-2-9-25-20(28)16-5-3-8-19(14-16)31(29,30)27-12-10-26(11-13-27)18-7-4-6-17(15-18)21(22,23)24/h2-8,14-15H,1,9-13H2,(H,25,28). The first kappa shape index (κ1) is 22.8. The second-order valence-corrected chi connectivity index (χ2v) is 8.90. The molecule has 1 heterocycles. The van der Waals surface area contributed by atoms with Crippen LogP contribution in [0.3, 0.4) is 0 Å². The van der Waals surface area contributed by atoms with Gasteiger partial charge in [-0.1, -0.05) is 18.2 Å². The van der Waals surface area contributed by atoms with E-state index >= 15 is 0 Å². The van der Waals surface area contributed by atoms with E-state index < -0.39 is 27.7 Å². The van der Waals surface area contributed by atoms with Crippen molar-refractivity contribution in [2.75, 3.05) is 37.6 Å². The fourth-order valence-corrected chi connectivity index (χ4v) is 4.75. The Balaban J connectivity index is 1.72. The zero-order valence-electron chi connectivity index (χ0n) is 16.6. The molecule has 1 aliphatic rings. The molecule has 2 aromatic rings. The number of alkyl halides is 3. The van der Waals surface area contributed by atoms with Gasteiger partial charge in [-0.15, -0.1) is 6.58 Å². The highest BCUT2D eigenvalue weighted by Crippen LogP contribution is 2.32. The number of piperazine rings is 1. The molecule has 0 saturated carbocycles. The number of nitrogens with zero attached hydrogens (tertiary/aromatic N) is 2. The number of sulfonamides is 1. The van der Waals surface area contributed by atoms with Crippen LogP contribution < -0.4 is 10.2 Å². The van der Waals surface area contributed by atoms with Crippen LogP contribution in [0.5, 0.6) is 0 Å². The lowest BCUT2D eigenvalue weighted by atomic mass is 10.1. The lowest BCUT2D eigenvalue weighted by Crippen LogP contribution is -2.48. The fraction of sp³-hybridized carbons (Fsp3) is 0.286. The lowest BCUT2D eigenvalue weighted by molar-refractivity contribution is -0.137. The molecule has 1 aliphatic heterocycles. The van der Waals surface area contributed by atoms with E-state index in [0.717, 1.165) is 12.1 Å². The molecule has 1 N–H and O–H groups in total. The van der Waals surface area contributed by atoms with Gasteiger partial charge >= 0.3 is 6.18 Å². The Kier molecular flexibility index (Phi) is 6.71. The number of hydrogen-bond acceptors (Lipinski definition) is 4. The van der Waals surface area contributed by atoms with Gasteiger partial charge in [0.15, 0.2) is 0 Å². The van der Waals surface area contributed by atoms with Crippen LogP contribution in [0, 0.1) is 0 Å². The molecule has 0 spiro atoms. The number of halogens is 3. The molecule has 0 unspecified atom stereocenters. The Morgan fingerprint density at radius 3 is 2.39 bits per heavy atom. The maximum Gasteiger partial charge on any atom is 0.416 e. The molecule has 0 atom stereocenters. The monoisotopic (exact) mass is 453 g/mol. The minimum Gasteiger partial charge on any atom is -0.369 e. The average Bonchev–Trinajstić information content (AvgIpc) is 2.77. The Bertz CT molecular complexity index is 1060.